The molecule has 2 aromatic heterocycles. The zero-order chi connectivity index (χ0) is 11.4. The van der Waals surface area contributed by atoms with E-state index in [1.54, 1.807) is 37.5 Å². The molecule has 4 nitrogen and oxygen atoms in total. The SMILES string of the molecule is COc1cc(Sc2ccncc2N)ccn1. The van der Waals surface area contributed by atoms with Crippen LogP contribution in [0.5, 0.6) is 5.88 Å². The van der Waals surface area contributed by atoms with E-state index in [1.165, 1.54) is 0 Å². The van der Waals surface area contributed by atoms with Crippen molar-refractivity contribution in [3.8, 4) is 5.88 Å². The molecular formula is C11H11N3OS. The van der Waals surface area contributed by atoms with Crippen LogP contribution in [0, 0.1) is 0 Å². The Morgan fingerprint density at radius 2 is 2.19 bits per heavy atom. The van der Waals surface area contributed by atoms with Crippen molar-refractivity contribution in [3.05, 3.63) is 36.8 Å². The minimum absolute atomic E-state index is 0.595. The van der Waals surface area contributed by atoms with E-state index in [-0.39, 0.29) is 0 Å². The number of pyridine rings is 2. The van der Waals surface area contributed by atoms with Crippen molar-refractivity contribution in [3.63, 3.8) is 0 Å². The lowest BCUT2D eigenvalue weighted by atomic mass is 10.4. The molecule has 5 heteroatoms. The maximum absolute atomic E-state index is 5.81. The minimum atomic E-state index is 0.595. The number of aromatic nitrogens is 2. The maximum Gasteiger partial charge on any atom is 0.214 e. The predicted octanol–water partition coefficient (Wildman–Crippen LogP) is 2.22. The number of rotatable bonds is 3. The van der Waals surface area contributed by atoms with Crippen LogP contribution in [0.25, 0.3) is 0 Å². The van der Waals surface area contributed by atoms with Crippen molar-refractivity contribution in [2.45, 2.75) is 9.79 Å². The lowest BCUT2D eigenvalue weighted by molar-refractivity contribution is 0.396. The molecule has 16 heavy (non-hydrogen) atoms. The molecule has 0 bridgehead atoms. The maximum atomic E-state index is 5.81. The van der Waals surface area contributed by atoms with Gasteiger partial charge in [0.2, 0.25) is 5.88 Å². The number of nitrogen functional groups attached to an aromatic ring is 1. The fourth-order valence-electron chi connectivity index (χ4n) is 1.18. The first-order valence-electron chi connectivity index (χ1n) is 4.67. The first-order chi connectivity index (χ1) is 7.79. The van der Waals surface area contributed by atoms with Gasteiger partial charge in [-0.25, -0.2) is 4.98 Å². The average molecular weight is 233 g/mol. The highest BCUT2D eigenvalue weighted by Crippen LogP contribution is 2.32. The molecule has 0 fully saturated rings. The van der Waals surface area contributed by atoms with Gasteiger partial charge in [-0.2, -0.15) is 0 Å². The second kappa shape index (κ2) is 4.85. The van der Waals surface area contributed by atoms with E-state index in [0.29, 0.717) is 11.6 Å². The fourth-order valence-corrected chi connectivity index (χ4v) is 2.02. The number of hydrogen-bond acceptors (Lipinski definition) is 5. The van der Waals surface area contributed by atoms with Crippen molar-refractivity contribution in [2.24, 2.45) is 0 Å². The predicted molar refractivity (Wildman–Crippen MR) is 63.6 cm³/mol. The molecule has 0 aliphatic carbocycles. The summed E-state index contributed by atoms with van der Waals surface area (Å²) in [5, 5.41) is 0. The zero-order valence-electron chi connectivity index (χ0n) is 8.75. The molecule has 2 N–H and O–H groups in total. The van der Waals surface area contributed by atoms with Crippen LogP contribution in [-0.2, 0) is 0 Å². The molecule has 0 aliphatic heterocycles. The molecular weight excluding hydrogens is 222 g/mol. The first-order valence-corrected chi connectivity index (χ1v) is 5.48. The number of nitrogens with zero attached hydrogens (tertiary/aromatic N) is 2. The molecule has 0 aromatic carbocycles. The van der Waals surface area contributed by atoms with Crippen molar-refractivity contribution in [1.29, 1.82) is 0 Å². The van der Waals surface area contributed by atoms with Gasteiger partial charge in [-0.05, 0) is 12.1 Å². The number of ether oxygens (including phenoxy) is 1. The normalized spacial score (nSPS) is 10.1. The Bertz CT molecular complexity index is 490. The molecule has 0 spiro atoms. The summed E-state index contributed by atoms with van der Waals surface area (Å²) in [5.41, 5.74) is 6.48. The molecule has 82 valence electrons. The molecule has 2 heterocycles. The Morgan fingerprint density at radius 1 is 1.31 bits per heavy atom. The van der Waals surface area contributed by atoms with Crippen LogP contribution < -0.4 is 10.5 Å². The van der Waals surface area contributed by atoms with Gasteiger partial charge in [0.1, 0.15) is 0 Å². The molecule has 2 aromatic rings. The lowest BCUT2D eigenvalue weighted by Gasteiger charge is -2.05. The second-order valence-corrected chi connectivity index (χ2v) is 4.16. The largest absolute Gasteiger partial charge is 0.481 e. The quantitative estimate of drug-likeness (QED) is 0.880. The van der Waals surface area contributed by atoms with Gasteiger partial charge in [0, 0.05) is 28.3 Å². The van der Waals surface area contributed by atoms with Gasteiger partial charge in [0.05, 0.1) is 19.0 Å². The van der Waals surface area contributed by atoms with Crippen molar-refractivity contribution < 1.29 is 4.74 Å². The third-order valence-electron chi connectivity index (χ3n) is 1.95. The van der Waals surface area contributed by atoms with Crippen LogP contribution in [-0.4, -0.2) is 17.1 Å². The Morgan fingerprint density at radius 3 is 2.94 bits per heavy atom. The summed E-state index contributed by atoms with van der Waals surface area (Å²) in [6, 6.07) is 5.66. The van der Waals surface area contributed by atoms with Crippen LogP contribution >= 0.6 is 11.8 Å². The highest BCUT2D eigenvalue weighted by atomic mass is 32.2. The Kier molecular flexibility index (Phi) is 3.26. The van der Waals surface area contributed by atoms with E-state index in [1.807, 2.05) is 18.2 Å². The van der Waals surface area contributed by atoms with Gasteiger partial charge >= 0.3 is 0 Å². The lowest BCUT2D eigenvalue weighted by Crippen LogP contribution is -1.90. The van der Waals surface area contributed by atoms with Crippen molar-refractivity contribution >= 4 is 17.4 Å². The van der Waals surface area contributed by atoms with E-state index in [9.17, 15) is 0 Å². The topological polar surface area (TPSA) is 61.0 Å². The van der Waals surface area contributed by atoms with E-state index >= 15 is 0 Å². The summed E-state index contributed by atoms with van der Waals surface area (Å²) in [6.07, 6.45) is 5.07. The molecule has 0 aliphatic rings. The van der Waals surface area contributed by atoms with Gasteiger partial charge in [0.25, 0.3) is 0 Å². The monoisotopic (exact) mass is 233 g/mol. The molecule has 2 rings (SSSR count). The molecule has 0 unspecified atom stereocenters. The van der Waals surface area contributed by atoms with Crippen molar-refractivity contribution in [2.75, 3.05) is 12.8 Å². The van der Waals surface area contributed by atoms with Gasteiger partial charge < -0.3 is 10.5 Å². The zero-order valence-corrected chi connectivity index (χ0v) is 9.57. The summed E-state index contributed by atoms with van der Waals surface area (Å²) in [7, 11) is 1.59. The molecule has 0 atom stereocenters. The summed E-state index contributed by atoms with van der Waals surface area (Å²) >= 11 is 1.56. The summed E-state index contributed by atoms with van der Waals surface area (Å²) < 4.78 is 5.05. The first kappa shape index (κ1) is 10.8. The number of anilines is 1. The summed E-state index contributed by atoms with van der Waals surface area (Å²) in [6.45, 7) is 0. The van der Waals surface area contributed by atoms with E-state index in [2.05, 4.69) is 9.97 Å². The number of nitrogens with two attached hydrogens (primary N) is 1. The fraction of sp³-hybridized carbons (Fsp3) is 0.0909. The van der Waals surface area contributed by atoms with Crippen LogP contribution in [0.2, 0.25) is 0 Å². The van der Waals surface area contributed by atoms with Gasteiger partial charge in [-0.3, -0.25) is 4.98 Å². The van der Waals surface area contributed by atoms with Gasteiger partial charge in [-0.1, -0.05) is 11.8 Å². The third-order valence-corrected chi connectivity index (χ3v) is 3.03. The number of methoxy groups -OCH3 is 1. The molecule has 0 radical (unpaired) electrons. The second-order valence-electron chi connectivity index (χ2n) is 3.05. The smallest absolute Gasteiger partial charge is 0.214 e. The minimum Gasteiger partial charge on any atom is -0.481 e. The Labute approximate surface area is 97.9 Å². The average Bonchev–Trinajstić information content (AvgIpc) is 2.32. The van der Waals surface area contributed by atoms with E-state index in [0.717, 1.165) is 9.79 Å². The highest BCUT2D eigenvalue weighted by molar-refractivity contribution is 7.99. The third kappa shape index (κ3) is 2.43. The molecule has 0 saturated heterocycles. The van der Waals surface area contributed by atoms with Crippen LogP contribution in [0.1, 0.15) is 0 Å². The molecule has 0 amide bonds. The van der Waals surface area contributed by atoms with Gasteiger partial charge in [-0.15, -0.1) is 0 Å². The Balaban J connectivity index is 2.24. The van der Waals surface area contributed by atoms with Crippen LogP contribution in [0.3, 0.4) is 0 Å². The highest BCUT2D eigenvalue weighted by Gasteiger charge is 2.02. The number of hydrogen-bond donors (Lipinski definition) is 1. The van der Waals surface area contributed by atoms with E-state index < -0.39 is 0 Å². The van der Waals surface area contributed by atoms with Crippen LogP contribution in [0.4, 0.5) is 5.69 Å². The summed E-state index contributed by atoms with van der Waals surface area (Å²) in [5.74, 6) is 0.595. The van der Waals surface area contributed by atoms with Crippen molar-refractivity contribution in [1.82, 2.24) is 9.97 Å². The van der Waals surface area contributed by atoms with Gasteiger partial charge in [0.15, 0.2) is 0 Å². The summed E-state index contributed by atoms with van der Waals surface area (Å²) in [4.78, 5) is 10.00. The Hall–Kier alpha value is -1.75. The standard InChI is InChI=1S/C11H11N3OS/c1-15-11-6-8(2-5-14-11)16-10-3-4-13-7-9(10)12/h2-7H,12H2,1H3. The molecule has 0 saturated carbocycles. The van der Waals surface area contributed by atoms with E-state index in [4.69, 9.17) is 10.5 Å². The van der Waals surface area contributed by atoms with Crippen LogP contribution in [0.15, 0.2) is 46.6 Å².